The van der Waals surface area contributed by atoms with E-state index < -0.39 is 23.2 Å². The van der Waals surface area contributed by atoms with Gasteiger partial charge in [-0.3, -0.25) is 0 Å². The lowest BCUT2D eigenvalue weighted by atomic mass is 10.0. The zero-order valence-corrected chi connectivity index (χ0v) is 9.07. The van der Waals surface area contributed by atoms with Crippen LogP contribution in [0.4, 0.5) is 13.2 Å². The Morgan fingerprint density at radius 3 is 2.00 bits per heavy atom. The molecule has 0 heterocycles. The molecule has 0 aliphatic carbocycles. The number of hydrogen-bond acceptors (Lipinski definition) is 2. The third kappa shape index (κ3) is 2.11. The van der Waals surface area contributed by atoms with E-state index in [2.05, 4.69) is 0 Å². The molecule has 2 nitrogen and oxygen atoms in total. The first-order valence-corrected chi connectivity index (χ1v) is 5.09. The van der Waals surface area contributed by atoms with Crippen molar-refractivity contribution in [2.24, 2.45) is 0 Å². The molecule has 0 unspecified atom stereocenters. The van der Waals surface area contributed by atoms with Crippen molar-refractivity contribution < 1.29 is 23.4 Å². The van der Waals surface area contributed by atoms with Crippen molar-refractivity contribution in [3.8, 4) is 22.6 Å². The predicted molar refractivity (Wildman–Crippen MR) is 60.2 cm³/mol. The minimum atomic E-state index is -4.81. The Hall–Kier alpha value is -2.17. The fourth-order valence-electron chi connectivity index (χ4n) is 1.71. The zero-order chi connectivity index (χ0) is 13.3. The van der Waals surface area contributed by atoms with Gasteiger partial charge in [-0.05, 0) is 17.7 Å². The van der Waals surface area contributed by atoms with Crippen LogP contribution in [0, 0.1) is 0 Å². The van der Waals surface area contributed by atoms with Gasteiger partial charge in [0.25, 0.3) is 0 Å². The smallest absolute Gasteiger partial charge is 0.423 e. The number of aromatic hydroxyl groups is 2. The lowest BCUT2D eigenvalue weighted by Crippen LogP contribution is -2.06. The van der Waals surface area contributed by atoms with Crippen LogP contribution in [0.15, 0.2) is 42.5 Å². The molecular weight excluding hydrogens is 245 g/mol. The quantitative estimate of drug-likeness (QED) is 0.812. The van der Waals surface area contributed by atoms with Gasteiger partial charge in [0.05, 0.1) is 0 Å². The van der Waals surface area contributed by atoms with Gasteiger partial charge in [-0.25, -0.2) is 0 Å². The highest BCUT2D eigenvalue weighted by atomic mass is 19.4. The zero-order valence-electron chi connectivity index (χ0n) is 9.07. The average molecular weight is 254 g/mol. The molecule has 0 aliphatic rings. The summed E-state index contributed by atoms with van der Waals surface area (Å²) in [6.07, 6.45) is -4.81. The van der Waals surface area contributed by atoms with E-state index in [0.29, 0.717) is 5.56 Å². The van der Waals surface area contributed by atoms with E-state index in [9.17, 15) is 23.4 Å². The fraction of sp³-hybridized carbons (Fsp3) is 0.0769. The highest BCUT2D eigenvalue weighted by Gasteiger charge is 2.38. The monoisotopic (exact) mass is 254 g/mol. The molecular formula is C13H9F3O2. The molecule has 0 saturated heterocycles. The van der Waals surface area contributed by atoms with E-state index >= 15 is 0 Å². The summed E-state index contributed by atoms with van der Waals surface area (Å²) < 4.78 is 38.1. The molecule has 0 radical (unpaired) electrons. The van der Waals surface area contributed by atoms with Crippen molar-refractivity contribution in [2.75, 3.05) is 0 Å². The Kier molecular flexibility index (Phi) is 2.90. The average Bonchev–Trinajstić information content (AvgIpc) is 2.28. The molecule has 5 heteroatoms. The molecule has 94 valence electrons. The summed E-state index contributed by atoms with van der Waals surface area (Å²) in [5.41, 5.74) is -0.940. The number of alkyl halides is 3. The summed E-state index contributed by atoms with van der Waals surface area (Å²) in [5, 5.41) is 18.9. The molecule has 0 bridgehead atoms. The lowest BCUT2D eigenvalue weighted by Gasteiger charge is -2.14. The minimum Gasteiger partial charge on any atom is -0.507 e. The van der Waals surface area contributed by atoms with Gasteiger partial charge in [0.15, 0.2) is 0 Å². The first kappa shape index (κ1) is 12.3. The van der Waals surface area contributed by atoms with Crippen molar-refractivity contribution in [2.45, 2.75) is 6.18 Å². The summed E-state index contributed by atoms with van der Waals surface area (Å²) in [4.78, 5) is 0. The molecule has 2 aromatic carbocycles. The SMILES string of the molecule is Oc1ccc(-c2ccccc2)c(O)c1C(F)(F)F. The van der Waals surface area contributed by atoms with Gasteiger partial charge in [-0.1, -0.05) is 30.3 Å². The maximum Gasteiger partial charge on any atom is 0.423 e. The Labute approximate surface area is 101 Å². The fourth-order valence-corrected chi connectivity index (χ4v) is 1.71. The van der Waals surface area contributed by atoms with Gasteiger partial charge in [-0.15, -0.1) is 0 Å². The molecule has 0 aromatic heterocycles. The second-order valence-corrected chi connectivity index (χ2v) is 3.72. The van der Waals surface area contributed by atoms with Crippen molar-refractivity contribution in [3.63, 3.8) is 0 Å². The van der Waals surface area contributed by atoms with Crippen LogP contribution in [-0.2, 0) is 6.18 Å². The van der Waals surface area contributed by atoms with Crippen LogP contribution in [0.3, 0.4) is 0 Å². The van der Waals surface area contributed by atoms with Gasteiger partial charge in [0.2, 0.25) is 0 Å². The number of rotatable bonds is 1. The van der Waals surface area contributed by atoms with E-state index in [0.717, 1.165) is 6.07 Å². The second-order valence-electron chi connectivity index (χ2n) is 3.72. The molecule has 0 fully saturated rings. The van der Waals surface area contributed by atoms with Crippen molar-refractivity contribution in [1.29, 1.82) is 0 Å². The Morgan fingerprint density at radius 2 is 1.44 bits per heavy atom. The van der Waals surface area contributed by atoms with Crippen LogP contribution in [0.1, 0.15) is 5.56 Å². The van der Waals surface area contributed by atoms with Crippen LogP contribution in [-0.4, -0.2) is 10.2 Å². The van der Waals surface area contributed by atoms with Gasteiger partial charge < -0.3 is 10.2 Å². The summed E-state index contributed by atoms with van der Waals surface area (Å²) in [5.74, 6) is -1.95. The van der Waals surface area contributed by atoms with Crippen LogP contribution in [0.25, 0.3) is 11.1 Å². The Bertz CT molecular complexity index is 562. The standard InChI is InChI=1S/C13H9F3O2/c14-13(15,16)11-10(17)7-6-9(12(11)18)8-4-2-1-3-5-8/h1-7,17-18H. The van der Waals surface area contributed by atoms with E-state index in [1.165, 1.54) is 6.07 Å². The largest absolute Gasteiger partial charge is 0.507 e. The molecule has 0 atom stereocenters. The van der Waals surface area contributed by atoms with E-state index in [4.69, 9.17) is 0 Å². The number of phenols is 2. The minimum absolute atomic E-state index is 0.0284. The number of hydrogen-bond donors (Lipinski definition) is 2. The molecule has 18 heavy (non-hydrogen) atoms. The van der Waals surface area contributed by atoms with Gasteiger partial charge in [0.1, 0.15) is 17.1 Å². The van der Waals surface area contributed by atoms with Crippen LogP contribution in [0.5, 0.6) is 11.5 Å². The third-order valence-corrected chi connectivity index (χ3v) is 2.52. The summed E-state index contributed by atoms with van der Waals surface area (Å²) in [6.45, 7) is 0. The maximum absolute atomic E-state index is 12.7. The third-order valence-electron chi connectivity index (χ3n) is 2.52. The van der Waals surface area contributed by atoms with Crippen molar-refractivity contribution in [1.82, 2.24) is 0 Å². The summed E-state index contributed by atoms with van der Waals surface area (Å²) in [6, 6.07) is 10.3. The normalized spacial score (nSPS) is 11.5. The van der Waals surface area contributed by atoms with E-state index in [1.807, 2.05) is 0 Å². The Balaban J connectivity index is 2.66. The number of phenolic OH excluding ortho intramolecular Hbond substituents is 2. The van der Waals surface area contributed by atoms with Gasteiger partial charge in [0, 0.05) is 5.56 Å². The molecule has 2 N–H and O–H groups in total. The van der Waals surface area contributed by atoms with Crippen LogP contribution < -0.4 is 0 Å². The predicted octanol–water partition coefficient (Wildman–Crippen LogP) is 3.78. The van der Waals surface area contributed by atoms with Gasteiger partial charge in [-0.2, -0.15) is 13.2 Å². The highest BCUT2D eigenvalue weighted by Crippen LogP contribution is 2.45. The van der Waals surface area contributed by atoms with E-state index in [1.54, 1.807) is 30.3 Å². The van der Waals surface area contributed by atoms with Gasteiger partial charge >= 0.3 is 6.18 Å². The van der Waals surface area contributed by atoms with Crippen LogP contribution >= 0.6 is 0 Å². The lowest BCUT2D eigenvalue weighted by molar-refractivity contribution is -0.139. The molecule has 0 aliphatic heterocycles. The number of benzene rings is 2. The van der Waals surface area contributed by atoms with Crippen LogP contribution in [0.2, 0.25) is 0 Å². The summed E-state index contributed by atoms with van der Waals surface area (Å²) in [7, 11) is 0. The highest BCUT2D eigenvalue weighted by molar-refractivity contribution is 5.73. The molecule has 0 spiro atoms. The molecule has 2 rings (SSSR count). The van der Waals surface area contributed by atoms with E-state index in [-0.39, 0.29) is 5.56 Å². The first-order valence-electron chi connectivity index (χ1n) is 5.09. The summed E-state index contributed by atoms with van der Waals surface area (Å²) >= 11 is 0. The topological polar surface area (TPSA) is 40.5 Å². The second kappa shape index (κ2) is 4.25. The number of halogens is 3. The first-order chi connectivity index (χ1) is 8.41. The molecule has 2 aromatic rings. The molecule has 0 amide bonds. The maximum atomic E-state index is 12.7. The van der Waals surface area contributed by atoms with Crippen molar-refractivity contribution >= 4 is 0 Å². The Morgan fingerprint density at radius 1 is 0.833 bits per heavy atom. The molecule has 0 saturated carbocycles. The van der Waals surface area contributed by atoms with Crippen molar-refractivity contribution in [3.05, 3.63) is 48.0 Å².